The fraction of sp³-hybridized carbons (Fsp3) is 0.125. The maximum absolute atomic E-state index is 12.1. The molecule has 0 saturated heterocycles. The minimum atomic E-state index is -0.835. The van der Waals surface area contributed by atoms with Gasteiger partial charge >= 0.3 is 5.97 Å². The number of carbonyl (C=O) groups is 2. The third-order valence-electron chi connectivity index (χ3n) is 2.90. The Balaban J connectivity index is 2.07. The van der Waals surface area contributed by atoms with Crippen molar-refractivity contribution in [1.29, 1.82) is 0 Å². The molecule has 2 rings (SSSR count). The number of hydrogen-bond donors (Lipinski definition) is 2. The van der Waals surface area contributed by atoms with Crippen molar-refractivity contribution in [3.63, 3.8) is 0 Å². The summed E-state index contributed by atoms with van der Waals surface area (Å²) in [5.74, 6) is -1.04. The molecule has 2 N–H and O–H groups in total. The maximum atomic E-state index is 12.1. The van der Waals surface area contributed by atoms with E-state index < -0.39 is 5.97 Å². The first kappa shape index (κ1) is 15.3. The molecule has 2 aromatic carbocycles. The minimum absolute atomic E-state index is 0.0725. The molecule has 4 nitrogen and oxygen atoms in total. The number of halogens is 1. The third kappa shape index (κ3) is 4.72. The number of benzene rings is 2. The number of carboxylic acids is 1. The highest BCUT2D eigenvalue weighted by atomic mass is 79.9. The van der Waals surface area contributed by atoms with Gasteiger partial charge in [0.1, 0.15) is 0 Å². The van der Waals surface area contributed by atoms with Crippen LogP contribution in [0.1, 0.15) is 22.3 Å². The molecule has 0 aromatic heterocycles. The molecule has 21 heavy (non-hydrogen) atoms. The zero-order chi connectivity index (χ0) is 15.2. The normalized spacial score (nSPS) is 10.1. The Hall–Kier alpha value is -2.14. The average Bonchev–Trinajstić information content (AvgIpc) is 2.45. The molecule has 1 amide bonds. The van der Waals surface area contributed by atoms with E-state index in [1.165, 1.54) is 0 Å². The lowest BCUT2D eigenvalue weighted by Gasteiger charge is -2.07. The number of aliphatic carboxylic acids is 1. The summed E-state index contributed by atoms with van der Waals surface area (Å²) >= 11 is 3.33. The van der Waals surface area contributed by atoms with E-state index in [1.807, 2.05) is 12.1 Å². The summed E-state index contributed by atoms with van der Waals surface area (Å²) in [4.78, 5) is 22.7. The topological polar surface area (TPSA) is 66.4 Å². The number of anilines is 1. The average molecular weight is 348 g/mol. The van der Waals surface area contributed by atoms with Crippen molar-refractivity contribution in [2.24, 2.45) is 0 Å². The molecule has 0 bridgehead atoms. The zero-order valence-electron chi connectivity index (χ0n) is 11.2. The molecule has 0 aliphatic carbocycles. The van der Waals surface area contributed by atoms with Crippen LogP contribution in [-0.4, -0.2) is 17.0 Å². The zero-order valence-corrected chi connectivity index (χ0v) is 12.8. The standard InChI is InChI=1S/C16H14BrNO3/c17-13-5-2-4-12(10-13)16(21)18-14-6-1-3-11(9-14)7-8-15(19)20/h1-6,9-10H,7-8H2,(H,18,21)(H,19,20). The van der Waals surface area contributed by atoms with Crippen LogP contribution >= 0.6 is 15.9 Å². The van der Waals surface area contributed by atoms with Crippen LogP contribution in [0, 0.1) is 0 Å². The van der Waals surface area contributed by atoms with E-state index in [9.17, 15) is 9.59 Å². The highest BCUT2D eigenvalue weighted by Crippen LogP contribution is 2.16. The number of amides is 1. The smallest absolute Gasteiger partial charge is 0.303 e. The van der Waals surface area contributed by atoms with Gasteiger partial charge in [0.25, 0.3) is 5.91 Å². The van der Waals surface area contributed by atoms with Gasteiger partial charge in [0.05, 0.1) is 0 Å². The molecular formula is C16H14BrNO3. The Morgan fingerprint density at radius 2 is 1.86 bits per heavy atom. The van der Waals surface area contributed by atoms with Gasteiger partial charge in [-0.15, -0.1) is 0 Å². The molecular weight excluding hydrogens is 334 g/mol. The molecule has 0 radical (unpaired) electrons. The first-order valence-electron chi connectivity index (χ1n) is 6.42. The molecule has 0 heterocycles. The van der Waals surface area contributed by atoms with Crippen LogP contribution in [0.15, 0.2) is 53.0 Å². The number of aryl methyl sites for hydroxylation is 1. The van der Waals surface area contributed by atoms with E-state index in [0.717, 1.165) is 10.0 Å². The molecule has 0 aliphatic rings. The first-order valence-corrected chi connectivity index (χ1v) is 7.21. The molecule has 2 aromatic rings. The Labute approximate surface area is 130 Å². The number of carboxylic acid groups (broad SMARTS) is 1. The van der Waals surface area contributed by atoms with Crippen molar-refractivity contribution >= 4 is 33.5 Å². The van der Waals surface area contributed by atoms with Crippen LogP contribution in [0.3, 0.4) is 0 Å². The monoisotopic (exact) mass is 347 g/mol. The van der Waals surface area contributed by atoms with E-state index >= 15 is 0 Å². The molecule has 108 valence electrons. The lowest BCUT2D eigenvalue weighted by atomic mass is 10.1. The summed E-state index contributed by atoms with van der Waals surface area (Å²) < 4.78 is 0.838. The predicted molar refractivity (Wildman–Crippen MR) is 84.5 cm³/mol. The second kappa shape index (κ2) is 7.04. The summed E-state index contributed by atoms with van der Waals surface area (Å²) in [6, 6.07) is 14.3. The predicted octanol–water partition coefficient (Wildman–Crippen LogP) is 3.72. The summed E-state index contributed by atoms with van der Waals surface area (Å²) in [7, 11) is 0. The number of rotatable bonds is 5. The Bertz CT molecular complexity index is 670. The largest absolute Gasteiger partial charge is 0.481 e. The van der Waals surface area contributed by atoms with Crippen LogP contribution in [0.2, 0.25) is 0 Å². The van der Waals surface area contributed by atoms with E-state index in [4.69, 9.17) is 5.11 Å². The highest BCUT2D eigenvalue weighted by Gasteiger charge is 2.07. The van der Waals surface area contributed by atoms with E-state index in [-0.39, 0.29) is 12.3 Å². The molecule has 5 heteroatoms. The molecule has 0 unspecified atom stereocenters. The van der Waals surface area contributed by atoms with Gasteiger partial charge in [-0.2, -0.15) is 0 Å². The molecule has 0 saturated carbocycles. The second-order valence-electron chi connectivity index (χ2n) is 4.56. The third-order valence-corrected chi connectivity index (χ3v) is 3.39. The number of carbonyl (C=O) groups excluding carboxylic acids is 1. The van der Waals surface area contributed by atoms with Crippen LogP contribution in [0.4, 0.5) is 5.69 Å². The Morgan fingerprint density at radius 1 is 1.10 bits per heavy atom. The van der Waals surface area contributed by atoms with Crippen LogP contribution < -0.4 is 5.32 Å². The van der Waals surface area contributed by atoms with Gasteiger partial charge in [-0.1, -0.05) is 34.1 Å². The summed E-state index contributed by atoms with van der Waals surface area (Å²) in [5.41, 5.74) is 2.09. The van der Waals surface area contributed by atoms with Crippen molar-refractivity contribution in [1.82, 2.24) is 0 Å². The summed E-state index contributed by atoms with van der Waals surface area (Å²) in [6.45, 7) is 0. The molecule has 0 atom stereocenters. The minimum Gasteiger partial charge on any atom is -0.481 e. The van der Waals surface area contributed by atoms with Gasteiger partial charge in [-0.05, 0) is 42.3 Å². The van der Waals surface area contributed by atoms with Gasteiger partial charge in [0.15, 0.2) is 0 Å². The SMILES string of the molecule is O=C(O)CCc1cccc(NC(=O)c2cccc(Br)c2)c1. The number of hydrogen-bond acceptors (Lipinski definition) is 2. The fourth-order valence-electron chi connectivity index (χ4n) is 1.89. The van der Waals surface area contributed by atoms with Crippen molar-refractivity contribution in [3.8, 4) is 0 Å². The molecule has 0 aliphatic heterocycles. The van der Waals surface area contributed by atoms with Gasteiger partial charge in [0, 0.05) is 22.1 Å². The number of nitrogens with one attached hydrogen (secondary N) is 1. The summed E-state index contributed by atoms with van der Waals surface area (Å²) in [6.07, 6.45) is 0.513. The highest BCUT2D eigenvalue weighted by molar-refractivity contribution is 9.10. The van der Waals surface area contributed by atoms with E-state index in [1.54, 1.807) is 36.4 Å². The van der Waals surface area contributed by atoms with Crippen LogP contribution in [0.25, 0.3) is 0 Å². The summed E-state index contributed by atoms with van der Waals surface area (Å²) in [5, 5.41) is 11.5. The lowest BCUT2D eigenvalue weighted by molar-refractivity contribution is -0.136. The maximum Gasteiger partial charge on any atom is 0.303 e. The van der Waals surface area contributed by atoms with Gasteiger partial charge in [-0.3, -0.25) is 9.59 Å². The first-order chi connectivity index (χ1) is 10.0. The van der Waals surface area contributed by atoms with Crippen molar-refractivity contribution in [3.05, 3.63) is 64.1 Å². The molecule has 0 spiro atoms. The van der Waals surface area contributed by atoms with Gasteiger partial charge in [-0.25, -0.2) is 0 Å². The Kier molecular flexibility index (Phi) is 5.11. The van der Waals surface area contributed by atoms with Crippen molar-refractivity contribution in [2.75, 3.05) is 5.32 Å². The Morgan fingerprint density at radius 3 is 2.57 bits per heavy atom. The van der Waals surface area contributed by atoms with Crippen LogP contribution in [-0.2, 0) is 11.2 Å². The fourth-order valence-corrected chi connectivity index (χ4v) is 2.29. The lowest BCUT2D eigenvalue weighted by Crippen LogP contribution is -2.12. The van der Waals surface area contributed by atoms with E-state index in [2.05, 4.69) is 21.2 Å². The molecule has 0 fully saturated rings. The van der Waals surface area contributed by atoms with Gasteiger partial charge < -0.3 is 10.4 Å². The van der Waals surface area contributed by atoms with Gasteiger partial charge in [0.2, 0.25) is 0 Å². The van der Waals surface area contributed by atoms with Crippen molar-refractivity contribution in [2.45, 2.75) is 12.8 Å². The second-order valence-corrected chi connectivity index (χ2v) is 5.47. The quantitative estimate of drug-likeness (QED) is 0.866. The van der Waals surface area contributed by atoms with Crippen LogP contribution in [0.5, 0.6) is 0 Å². The van der Waals surface area contributed by atoms with Crippen molar-refractivity contribution < 1.29 is 14.7 Å². The van der Waals surface area contributed by atoms with E-state index in [0.29, 0.717) is 17.7 Å².